The van der Waals surface area contributed by atoms with Crippen molar-refractivity contribution in [3.63, 3.8) is 0 Å². The second-order valence-corrected chi connectivity index (χ2v) is 8.25. The van der Waals surface area contributed by atoms with E-state index >= 15 is 0 Å². The van der Waals surface area contributed by atoms with Gasteiger partial charge in [-0.1, -0.05) is 42.5 Å². The molecule has 5 rings (SSSR count). The standard InChI is InChI=1S/C25H19N3O4S/c1-3-32-25(30)20-18(14-9-11-16(31-2)12-10-14)19-22-23(17(29)13-26-28-22)33-24(19)27-21(20)15-7-5-4-6-8-15/h4-13H,3H2,1-2H3,(H,28,29). The van der Waals surface area contributed by atoms with Gasteiger partial charge in [0, 0.05) is 16.5 Å². The maximum atomic E-state index is 13.4. The minimum absolute atomic E-state index is 0.202. The van der Waals surface area contributed by atoms with Gasteiger partial charge >= 0.3 is 5.97 Å². The zero-order valence-corrected chi connectivity index (χ0v) is 18.7. The van der Waals surface area contributed by atoms with Gasteiger partial charge in [0.1, 0.15) is 15.3 Å². The van der Waals surface area contributed by atoms with Crippen molar-refractivity contribution in [2.75, 3.05) is 13.7 Å². The SMILES string of the molecule is CCOC(=O)c1c(-c2ccccc2)nc2sc3c(=O)cn[nH]c3c2c1-c1ccc(OC)cc1. The first kappa shape index (κ1) is 20.8. The topological polar surface area (TPSA) is 94.2 Å². The number of fused-ring (bicyclic) bond motifs is 3. The van der Waals surface area contributed by atoms with Gasteiger partial charge in [-0.25, -0.2) is 9.78 Å². The molecular weight excluding hydrogens is 438 g/mol. The van der Waals surface area contributed by atoms with Crippen LogP contribution in [0.2, 0.25) is 0 Å². The molecule has 0 aliphatic rings. The van der Waals surface area contributed by atoms with Crippen LogP contribution in [0.25, 0.3) is 42.8 Å². The molecule has 33 heavy (non-hydrogen) atoms. The molecule has 0 atom stereocenters. The number of methoxy groups -OCH3 is 1. The van der Waals surface area contributed by atoms with Crippen LogP contribution in [-0.2, 0) is 4.74 Å². The van der Waals surface area contributed by atoms with E-state index in [1.807, 2.05) is 54.6 Å². The first-order valence-electron chi connectivity index (χ1n) is 10.3. The predicted octanol–water partition coefficient (Wildman–Crippen LogP) is 5.05. The number of aromatic nitrogens is 3. The van der Waals surface area contributed by atoms with Gasteiger partial charge in [0.25, 0.3) is 0 Å². The molecule has 0 spiro atoms. The molecule has 3 heterocycles. The Bertz CT molecular complexity index is 1540. The van der Waals surface area contributed by atoms with Crippen LogP contribution in [0.3, 0.4) is 0 Å². The molecule has 0 aliphatic heterocycles. The molecule has 5 aromatic rings. The lowest BCUT2D eigenvalue weighted by Crippen LogP contribution is -2.10. The van der Waals surface area contributed by atoms with E-state index in [9.17, 15) is 9.59 Å². The number of rotatable bonds is 5. The highest BCUT2D eigenvalue weighted by atomic mass is 32.1. The number of carbonyl (C=O) groups is 1. The van der Waals surface area contributed by atoms with Crippen molar-refractivity contribution < 1.29 is 14.3 Å². The van der Waals surface area contributed by atoms with Crippen LogP contribution in [0.5, 0.6) is 5.75 Å². The van der Waals surface area contributed by atoms with E-state index in [1.54, 1.807) is 14.0 Å². The Morgan fingerprint density at radius 2 is 1.82 bits per heavy atom. The van der Waals surface area contributed by atoms with E-state index in [1.165, 1.54) is 17.5 Å². The summed E-state index contributed by atoms with van der Waals surface area (Å²) < 4.78 is 11.3. The van der Waals surface area contributed by atoms with Crippen molar-refractivity contribution in [2.24, 2.45) is 0 Å². The van der Waals surface area contributed by atoms with Gasteiger partial charge in [-0.3, -0.25) is 9.89 Å². The molecule has 0 aliphatic carbocycles. The highest BCUT2D eigenvalue weighted by molar-refractivity contribution is 7.25. The summed E-state index contributed by atoms with van der Waals surface area (Å²) in [6.45, 7) is 1.98. The predicted molar refractivity (Wildman–Crippen MR) is 129 cm³/mol. The summed E-state index contributed by atoms with van der Waals surface area (Å²) in [5.41, 5.74) is 3.36. The quantitative estimate of drug-likeness (QED) is 0.371. The normalized spacial score (nSPS) is 11.1. The summed E-state index contributed by atoms with van der Waals surface area (Å²) in [7, 11) is 1.60. The van der Waals surface area contributed by atoms with Crippen LogP contribution in [-0.4, -0.2) is 34.9 Å². The van der Waals surface area contributed by atoms with Crippen LogP contribution in [0, 0.1) is 0 Å². The van der Waals surface area contributed by atoms with E-state index in [-0.39, 0.29) is 12.0 Å². The Kier molecular flexibility index (Phi) is 5.35. The van der Waals surface area contributed by atoms with Crippen molar-refractivity contribution >= 4 is 37.7 Å². The number of pyridine rings is 1. The number of aromatic amines is 1. The third kappa shape index (κ3) is 3.54. The van der Waals surface area contributed by atoms with E-state index in [4.69, 9.17) is 14.5 Å². The second-order valence-electron chi connectivity index (χ2n) is 7.25. The largest absolute Gasteiger partial charge is 0.497 e. The van der Waals surface area contributed by atoms with Crippen LogP contribution < -0.4 is 10.2 Å². The van der Waals surface area contributed by atoms with Gasteiger partial charge in [0.05, 0.1) is 36.7 Å². The van der Waals surface area contributed by atoms with Crippen molar-refractivity contribution in [3.8, 4) is 28.1 Å². The summed E-state index contributed by atoms with van der Waals surface area (Å²) in [6.07, 6.45) is 1.25. The van der Waals surface area contributed by atoms with Crippen molar-refractivity contribution in [1.29, 1.82) is 0 Å². The highest BCUT2D eigenvalue weighted by Crippen LogP contribution is 2.43. The fourth-order valence-electron chi connectivity index (χ4n) is 3.88. The molecule has 0 unspecified atom stereocenters. The molecule has 8 heteroatoms. The van der Waals surface area contributed by atoms with E-state index in [0.717, 1.165) is 11.1 Å². The van der Waals surface area contributed by atoms with Crippen LogP contribution in [0.4, 0.5) is 0 Å². The van der Waals surface area contributed by atoms with Crippen LogP contribution in [0.1, 0.15) is 17.3 Å². The van der Waals surface area contributed by atoms with E-state index in [0.29, 0.717) is 43.0 Å². The van der Waals surface area contributed by atoms with Gasteiger partial charge in [0.2, 0.25) is 5.43 Å². The first-order valence-corrected chi connectivity index (χ1v) is 11.1. The smallest absolute Gasteiger partial charge is 0.341 e. The Labute approximate surface area is 192 Å². The fourth-order valence-corrected chi connectivity index (χ4v) is 4.92. The number of carbonyl (C=O) groups excluding carboxylic acids is 1. The molecule has 0 radical (unpaired) electrons. The Morgan fingerprint density at radius 3 is 2.52 bits per heavy atom. The maximum Gasteiger partial charge on any atom is 0.341 e. The van der Waals surface area contributed by atoms with Crippen molar-refractivity contribution in [1.82, 2.24) is 15.2 Å². The lowest BCUT2D eigenvalue weighted by atomic mass is 9.93. The average Bonchev–Trinajstić information content (AvgIpc) is 3.23. The minimum Gasteiger partial charge on any atom is -0.497 e. The number of benzene rings is 2. The first-order chi connectivity index (χ1) is 16.1. The molecule has 0 fully saturated rings. The number of nitrogens with one attached hydrogen (secondary N) is 1. The lowest BCUT2D eigenvalue weighted by molar-refractivity contribution is 0.0528. The average molecular weight is 458 g/mol. The minimum atomic E-state index is -0.484. The molecule has 0 saturated carbocycles. The maximum absolute atomic E-state index is 13.4. The van der Waals surface area contributed by atoms with Gasteiger partial charge < -0.3 is 9.47 Å². The second kappa shape index (κ2) is 8.48. The third-order valence-corrected chi connectivity index (χ3v) is 6.43. The zero-order chi connectivity index (χ0) is 22.9. The van der Waals surface area contributed by atoms with E-state index in [2.05, 4.69) is 10.2 Å². The summed E-state index contributed by atoms with van der Waals surface area (Å²) >= 11 is 1.28. The molecule has 3 aromatic heterocycles. The van der Waals surface area contributed by atoms with Gasteiger partial charge in [-0.15, -0.1) is 11.3 Å². The number of esters is 1. The molecule has 0 saturated heterocycles. The van der Waals surface area contributed by atoms with Gasteiger partial charge in [-0.05, 0) is 24.6 Å². The highest BCUT2D eigenvalue weighted by Gasteiger charge is 2.27. The summed E-state index contributed by atoms with van der Waals surface area (Å²) in [4.78, 5) is 31.4. The van der Waals surface area contributed by atoms with Crippen molar-refractivity contribution in [2.45, 2.75) is 6.92 Å². The molecule has 1 N–H and O–H groups in total. The lowest BCUT2D eigenvalue weighted by Gasteiger charge is -2.16. The molecular formula is C25H19N3O4S. The summed E-state index contributed by atoms with van der Waals surface area (Å²) in [6, 6.07) is 16.9. The Morgan fingerprint density at radius 1 is 1.06 bits per heavy atom. The van der Waals surface area contributed by atoms with E-state index < -0.39 is 5.97 Å². The molecule has 7 nitrogen and oxygen atoms in total. The number of ether oxygens (including phenoxy) is 2. The third-order valence-electron chi connectivity index (χ3n) is 5.33. The van der Waals surface area contributed by atoms with Gasteiger partial charge in [-0.2, -0.15) is 5.10 Å². The molecule has 0 bridgehead atoms. The van der Waals surface area contributed by atoms with Crippen molar-refractivity contribution in [3.05, 3.63) is 76.6 Å². The van der Waals surface area contributed by atoms with Gasteiger partial charge in [0.15, 0.2) is 0 Å². The number of H-pyrrole nitrogens is 1. The number of thiophene rings is 1. The Balaban J connectivity index is 1.98. The van der Waals surface area contributed by atoms with Crippen LogP contribution in [0.15, 0.2) is 65.6 Å². The Hall–Kier alpha value is -4.04. The molecule has 164 valence electrons. The number of hydrogen-bond donors (Lipinski definition) is 1. The zero-order valence-electron chi connectivity index (χ0n) is 17.9. The fraction of sp³-hybridized carbons (Fsp3) is 0.120. The summed E-state index contributed by atoms with van der Waals surface area (Å²) in [5, 5.41) is 7.60. The van der Waals surface area contributed by atoms with Crippen LogP contribution >= 0.6 is 11.3 Å². The number of hydrogen-bond acceptors (Lipinski definition) is 7. The molecule has 0 amide bonds. The summed E-state index contributed by atoms with van der Waals surface area (Å²) in [5.74, 6) is 0.206. The molecule has 2 aromatic carbocycles. The monoisotopic (exact) mass is 457 g/mol. The number of nitrogens with zero attached hydrogens (tertiary/aromatic N) is 2.